The summed E-state index contributed by atoms with van der Waals surface area (Å²) in [4.78, 5) is 2.43. The van der Waals surface area contributed by atoms with E-state index in [0.29, 0.717) is 0 Å². The van der Waals surface area contributed by atoms with Crippen LogP contribution in [0, 0.1) is 0 Å². The number of thiophene rings is 3. The number of hydrogen-bond acceptors (Lipinski definition) is 4. The van der Waals surface area contributed by atoms with Crippen molar-refractivity contribution in [2.75, 3.05) is 4.90 Å². The van der Waals surface area contributed by atoms with E-state index >= 15 is 0 Å². The molecule has 3 nitrogen and oxygen atoms in total. The molecule has 5 heterocycles. The molecule has 0 N–H and O–H groups in total. The lowest BCUT2D eigenvalue weighted by Gasteiger charge is -2.24. The van der Waals surface area contributed by atoms with Crippen LogP contribution < -0.4 is 4.90 Å². The number of rotatable bonds is 8. The van der Waals surface area contributed by atoms with Crippen molar-refractivity contribution in [1.82, 2.24) is 9.13 Å². The lowest BCUT2D eigenvalue weighted by molar-refractivity contribution is 1.15. The zero-order chi connectivity index (χ0) is 39.6. The Hall–Kier alpha value is -6.96. The Morgan fingerprint density at radius 1 is 0.333 bits per heavy atom. The fourth-order valence-electron chi connectivity index (χ4n) is 8.65. The average Bonchev–Trinajstić information content (AvgIpc) is 4.15. The first-order valence-electron chi connectivity index (χ1n) is 20.1. The van der Waals surface area contributed by atoms with Gasteiger partial charge in [-0.25, -0.2) is 0 Å². The van der Waals surface area contributed by atoms with E-state index < -0.39 is 0 Å². The van der Waals surface area contributed by atoms with Crippen LogP contribution in [0.25, 0.3) is 85.6 Å². The van der Waals surface area contributed by atoms with Gasteiger partial charge in [-0.2, -0.15) is 0 Å². The third-order valence-corrected chi connectivity index (χ3v) is 15.0. The Balaban J connectivity index is 1.09. The number of fused-ring (bicyclic) bond motifs is 7. The summed E-state index contributed by atoms with van der Waals surface area (Å²) in [6.45, 7) is 0. The van der Waals surface area contributed by atoms with Crippen LogP contribution in [0.15, 0.2) is 212 Å². The topological polar surface area (TPSA) is 13.1 Å². The van der Waals surface area contributed by atoms with Gasteiger partial charge in [-0.3, -0.25) is 0 Å². The van der Waals surface area contributed by atoms with E-state index in [1.807, 2.05) is 34.0 Å². The second-order valence-corrected chi connectivity index (χ2v) is 17.9. The van der Waals surface area contributed by atoms with Crippen LogP contribution in [0.4, 0.5) is 16.4 Å². The van der Waals surface area contributed by atoms with Crippen molar-refractivity contribution in [3.63, 3.8) is 0 Å². The number of anilines is 3. The van der Waals surface area contributed by atoms with E-state index in [2.05, 4.69) is 226 Å². The summed E-state index contributed by atoms with van der Waals surface area (Å²) >= 11 is 5.65. The van der Waals surface area contributed by atoms with E-state index in [4.69, 9.17) is 0 Å². The van der Waals surface area contributed by atoms with Gasteiger partial charge in [-0.15, -0.1) is 34.0 Å². The Morgan fingerprint density at radius 2 is 0.750 bits per heavy atom. The summed E-state index contributed by atoms with van der Waals surface area (Å²) in [7, 11) is 0. The second kappa shape index (κ2) is 14.4. The predicted octanol–water partition coefficient (Wildman–Crippen LogP) is 16.5. The van der Waals surface area contributed by atoms with Crippen molar-refractivity contribution >= 4 is 91.3 Å². The maximum atomic E-state index is 2.52. The summed E-state index contributed by atoms with van der Waals surface area (Å²) in [6.07, 6.45) is 0. The average molecular weight is 822 g/mol. The standard InChI is InChI=1S/C54H35N3S3/c1-5-13-36(14-6-1)39-21-27-43(28-22-39)55(44-29-23-40(24-30-44)37-15-7-2-8-16-37)48-35-47-52(59-48)54-50(57(47)45-31-25-41(26-32-45)38-17-9-3-10-18-38)49-53(60-54)51-46(33-34-58-51)56(49)42-19-11-4-12-20-42/h1-35H. The quantitative estimate of drug-likeness (QED) is 0.149. The maximum absolute atomic E-state index is 2.52. The van der Waals surface area contributed by atoms with Gasteiger partial charge in [0.25, 0.3) is 0 Å². The molecule has 60 heavy (non-hydrogen) atoms. The van der Waals surface area contributed by atoms with E-state index in [9.17, 15) is 0 Å². The normalized spacial score (nSPS) is 11.7. The lowest BCUT2D eigenvalue weighted by Crippen LogP contribution is -2.08. The van der Waals surface area contributed by atoms with E-state index in [1.165, 1.54) is 84.9 Å². The molecule has 7 aromatic carbocycles. The number of para-hydroxylation sites is 1. The molecule has 0 aliphatic heterocycles. The SMILES string of the molecule is c1ccc(-c2ccc(N(c3ccc(-c4ccccc4)cc3)c3cc4c(s3)c3sc5c6sccc6n(-c6ccccc6)c5c3n4-c3ccc(-c4ccccc4)cc3)cc2)cc1. The molecule has 0 atom stereocenters. The first kappa shape index (κ1) is 35.0. The number of aromatic nitrogens is 2. The summed E-state index contributed by atoms with van der Waals surface area (Å²) in [5, 5.41) is 3.40. The van der Waals surface area contributed by atoms with Crippen LogP contribution in [0.1, 0.15) is 0 Å². The highest BCUT2D eigenvalue weighted by Crippen LogP contribution is 2.52. The van der Waals surface area contributed by atoms with Gasteiger partial charge in [0.1, 0.15) is 5.00 Å². The minimum Gasteiger partial charge on any atom is -0.306 e. The van der Waals surface area contributed by atoms with Crippen LogP contribution in [0.3, 0.4) is 0 Å². The molecule has 0 amide bonds. The molecule has 0 saturated heterocycles. The Labute approximate surface area is 359 Å². The molecule has 0 fully saturated rings. The molecule has 6 heteroatoms. The van der Waals surface area contributed by atoms with Gasteiger partial charge in [0.05, 0.1) is 40.9 Å². The van der Waals surface area contributed by atoms with Gasteiger partial charge in [0, 0.05) is 22.7 Å². The summed E-state index contributed by atoms with van der Waals surface area (Å²) in [6, 6.07) is 74.6. The third kappa shape index (κ3) is 5.75. The fraction of sp³-hybridized carbons (Fsp3) is 0. The second-order valence-electron chi connectivity index (χ2n) is 15.0. The van der Waals surface area contributed by atoms with Gasteiger partial charge in [0.2, 0.25) is 0 Å². The molecule has 5 aromatic heterocycles. The monoisotopic (exact) mass is 821 g/mol. The van der Waals surface area contributed by atoms with Crippen LogP contribution in [-0.2, 0) is 0 Å². The molecular formula is C54H35N3S3. The summed E-state index contributed by atoms with van der Waals surface area (Å²) in [5.41, 5.74) is 16.8. The molecule has 0 saturated carbocycles. The van der Waals surface area contributed by atoms with Crippen molar-refractivity contribution < 1.29 is 0 Å². The maximum Gasteiger partial charge on any atom is 0.103 e. The summed E-state index contributed by atoms with van der Waals surface area (Å²) in [5.74, 6) is 0. The van der Waals surface area contributed by atoms with Crippen molar-refractivity contribution in [2.45, 2.75) is 0 Å². The third-order valence-electron chi connectivity index (χ3n) is 11.5. The number of benzene rings is 7. The van der Waals surface area contributed by atoms with Crippen LogP contribution in [0.2, 0.25) is 0 Å². The molecule has 284 valence electrons. The highest BCUT2D eigenvalue weighted by molar-refractivity contribution is 7.34. The number of hydrogen-bond donors (Lipinski definition) is 0. The van der Waals surface area contributed by atoms with Crippen molar-refractivity contribution in [3.8, 4) is 44.8 Å². The Bertz CT molecular complexity index is 3350. The van der Waals surface area contributed by atoms with Gasteiger partial charge < -0.3 is 14.0 Å². The van der Waals surface area contributed by atoms with Crippen LogP contribution in [-0.4, -0.2) is 9.13 Å². The van der Waals surface area contributed by atoms with Gasteiger partial charge >= 0.3 is 0 Å². The Kier molecular flexibility index (Phi) is 8.40. The lowest BCUT2D eigenvalue weighted by atomic mass is 10.0. The van der Waals surface area contributed by atoms with E-state index in [-0.39, 0.29) is 0 Å². The van der Waals surface area contributed by atoms with Crippen molar-refractivity contribution in [3.05, 3.63) is 212 Å². The van der Waals surface area contributed by atoms with E-state index in [0.717, 1.165) is 17.1 Å². The van der Waals surface area contributed by atoms with Crippen molar-refractivity contribution in [2.24, 2.45) is 0 Å². The fourth-order valence-corrected chi connectivity index (χ4v) is 12.3. The molecule has 0 radical (unpaired) electrons. The molecule has 0 spiro atoms. The van der Waals surface area contributed by atoms with E-state index in [1.54, 1.807) is 0 Å². The van der Waals surface area contributed by atoms with Gasteiger partial charge in [0.15, 0.2) is 0 Å². The van der Waals surface area contributed by atoms with Crippen molar-refractivity contribution in [1.29, 1.82) is 0 Å². The van der Waals surface area contributed by atoms with Crippen LogP contribution in [0.5, 0.6) is 0 Å². The van der Waals surface area contributed by atoms with Gasteiger partial charge in [-0.05, 0) is 99.4 Å². The molecule has 0 aliphatic rings. The molecular weight excluding hydrogens is 787 g/mol. The number of nitrogens with zero attached hydrogens (tertiary/aromatic N) is 3. The summed E-state index contributed by atoms with van der Waals surface area (Å²) < 4.78 is 10.3. The molecule has 12 rings (SSSR count). The molecule has 0 unspecified atom stereocenters. The predicted molar refractivity (Wildman–Crippen MR) is 260 cm³/mol. The minimum absolute atomic E-state index is 1.12. The zero-order valence-corrected chi connectivity index (χ0v) is 34.7. The van der Waals surface area contributed by atoms with Crippen LogP contribution >= 0.6 is 34.0 Å². The Morgan fingerprint density at radius 3 is 1.27 bits per heavy atom. The molecule has 0 aliphatic carbocycles. The zero-order valence-electron chi connectivity index (χ0n) is 32.3. The first-order chi connectivity index (χ1) is 29.8. The first-order valence-corrected chi connectivity index (χ1v) is 22.6. The minimum atomic E-state index is 1.12. The largest absolute Gasteiger partial charge is 0.306 e. The molecule has 0 bridgehead atoms. The molecule has 12 aromatic rings. The highest BCUT2D eigenvalue weighted by Gasteiger charge is 2.27. The highest BCUT2D eigenvalue weighted by atomic mass is 32.1. The van der Waals surface area contributed by atoms with Gasteiger partial charge in [-0.1, -0.05) is 146 Å². The smallest absolute Gasteiger partial charge is 0.103 e.